The highest BCUT2D eigenvalue weighted by Gasteiger charge is 2.35. The summed E-state index contributed by atoms with van der Waals surface area (Å²) in [6.45, 7) is -0.327. The van der Waals surface area contributed by atoms with E-state index in [4.69, 9.17) is 9.84 Å². The zero-order chi connectivity index (χ0) is 16.4. The summed E-state index contributed by atoms with van der Waals surface area (Å²) < 4.78 is 6.74. The third kappa shape index (κ3) is 3.26. The summed E-state index contributed by atoms with van der Waals surface area (Å²) in [7, 11) is 0. The number of hydrogen-bond acceptors (Lipinski definition) is 5. The number of aromatic nitrogens is 2. The van der Waals surface area contributed by atoms with Gasteiger partial charge in [-0.2, -0.15) is 0 Å². The number of ether oxygens (including phenoxy) is 1. The van der Waals surface area contributed by atoms with Gasteiger partial charge in [-0.1, -0.05) is 30.3 Å². The van der Waals surface area contributed by atoms with Crippen LogP contribution in [0, 0.1) is 0 Å². The molecule has 0 aliphatic carbocycles. The Bertz CT molecular complexity index is 783. The quantitative estimate of drug-likeness (QED) is 0.722. The summed E-state index contributed by atoms with van der Waals surface area (Å²) in [5.74, 6) is 0. The van der Waals surface area contributed by atoms with E-state index in [-0.39, 0.29) is 13.0 Å². The van der Waals surface area contributed by atoms with E-state index in [1.807, 2.05) is 30.3 Å². The zero-order valence-electron chi connectivity index (χ0n) is 12.4. The summed E-state index contributed by atoms with van der Waals surface area (Å²) in [6.07, 6.45) is -0.249. The van der Waals surface area contributed by atoms with E-state index in [1.54, 1.807) is 0 Å². The van der Waals surface area contributed by atoms with Crippen molar-refractivity contribution in [2.75, 3.05) is 6.61 Å². The average Bonchev–Trinajstić information content (AvgIpc) is 2.91. The molecule has 2 aromatic rings. The lowest BCUT2D eigenvalue weighted by Crippen LogP contribution is -2.34. The molecule has 7 nitrogen and oxygen atoms in total. The van der Waals surface area contributed by atoms with Crippen LogP contribution in [0.1, 0.15) is 23.8 Å². The molecule has 3 atom stereocenters. The van der Waals surface area contributed by atoms with E-state index in [0.29, 0.717) is 12.0 Å². The van der Waals surface area contributed by atoms with Gasteiger partial charge in [0.1, 0.15) is 12.3 Å². The highest BCUT2D eigenvalue weighted by Crippen LogP contribution is 2.27. The number of aromatic amines is 1. The van der Waals surface area contributed by atoms with Crippen LogP contribution < -0.4 is 11.2 Å². The van der Waals surface area contributed by atoms with Crippen LogP contribution in [0.15, 0.2) is 46.1 Å². The molecular formula is C16H18N2O5. The second-order valence-electron chi connectivity index (χ2n) is 5.60. The Balaban J connectivity index is 1.92. The number of benzene rings is 1. The van der Waals surface area contributed by atoms with Crippen molar-refractivity contribution in [3.63, 3.8) is 0 Å². The van der Waals surface area contributed by atoms with Crippen molar-refractivity contribution in [1.29, 1.82) is 0 Å². The first-order valence-electron chi connectivity index (χ1n) is 7.41. The van der Waals surface area contributed by atoms with Gasteiger partial charge in [0.25, 0.3) is 5.56 Å². The second kappa shape index (κ2) is 6.49. The van der Waals surface area contributed by atoms with Gasteiger partial charge in [0.15, 0.2) is 0 Å². The molecule has 0 amide bonds. The van der Waals surface area contributed by atoms with Crippen LogP contribution in [0.4, 0.5) is 0 Å². The van der Waals surface area contributed by atoms with Crippen molar-refractivity contribution < 1.29 is 14.9 Å². The Morgan fingerprint density at radius 1 is 1.26 bits per heavy atom. The van der Waals surface area contributed by atoms with Crippen molar-refractivity contribution in [2.24, 2.45) is 0 Å². The van der Waals surface area contributed by atoms with Gasteiger partial charge in [-0.25, -0.2) is 4.79 Å². The van der Waals surface area contributed by atoms with E-state index in [2.05, 4.69) is 4.98 Å². The fraction of sp³-hybridized carbons (Fsp3) is 0.375. The Kier molecular flexibility index (Phi) is 4.42. The Hall–Kier alpha value is -2.22. The summed E-state index contributed by atoms with van der Waals surface area (Å²) >= 11 is 0. The molecule has 0 spiro atoms. The van der Waals surface area contributed by atoms with Gasteiger partial charge in [-0.3, -0.25) is 14.3 Å². The number of rotatable bonds is 4. The highest BCUT2D eigenvalue weighted by atomic mass is 16.5. The molecule has 1 aromatic heterocycles. The molecule has 0 unspecified atom stereocenters. The number of hydrogen-bond donors (Lipinski definition) is 3. The lowest BCUT2D eigenvalue weighted by molar-refractivity contribution is -0.0459. The van der Waals surface area contributed by atoms with Crippen LogP contribution >= 0.6 is 0 Å². The van der Waals surface area contributed by atoms with Gasteiger partial charge in [-0.15, -0.1) is 0 Å². The Labute approximate surface area is 131 Å². The maximum absolute atomic E-state index is 12.0. The van der Waals surface area contributed by atoms with Crippen LogP contribution in [-0.4, -0.2) is 38.6 Å². The van der Waals surface area contributed by atoms with Crippen molar-refractivity contribution in [1.82, 2.24) is 9.55 Å². The predicted molar refractivity (Wildman–Crippen MR) is 82.2 cm³/mol. The van der Waals surface area contributed by atoms with Crippen LogP contribution in [0.5, 0.6) is 0 Å². The van der Waals surface area contributed by atoms with E-state index in [0.717, 1.165) is 5.56 Å². The Morgan fingerprint density at radius 2 is 2.00 bits per heavy atom. The zero-order valence-corrected chi connectivity index (χ0v) is 12.4. The molecular weight excluding hydrogens is 300 g/mol. The van der Waals surface area contributed by atoms with Crippen molar-refractivity contribution >= 4 is 0 Å². The smallest absolute Gasteiger partial charge is 0.330 e. The van der Waals surface area contributed by atoms with Crippen LogP contribution in [0.3, 0.4) is 0 Å². The molecule has 0 bridgehead atoms. The summed E-state index contributed by atoms with van der Waals surface area (Å²) in [6, 6.07) is 9.43. The molecule has 0 radical (unpaired) electrons. The van der Waals surface area contributed by atoms with Gasteiger partial charge >= 0.3 is 5.69 Å². The first-order valence-corrected chi connectivity index (χ1v) is 7.41. The third-order valence-corrected chi connectivity index (χ3v) is 3.97. The van der Waals surface area contributed by atoms with Gasteiger partial charge in [0.2, 0.25) is 0 Å². The second-order valence-corrected chi connectivity index (χ2v) is 5.60. The van der Waals surface area contributed by atoms with Crippen LogP contribution in [-0.2, 0) is 11.2 Å². The first-order chi connectivity index (χ1) is 11.1. The standard InChI is InChI=1S/C16H18N2O5/c19-9-13-12(20)7-14(23-13)18-8-11(15(21)17-16(18)22)6-10-4-2-1-3-5-10/h1-5,8,12-14,19-20H,6-7,9H2,(H,17,21,22)/t12-,13+,14+/m0/s1. The van der Waals surface area contributed by atoms with Gasteiger partial charge < -0.3 is 14.9 Å². The molecule has 2 heterocycles. The predicted octanol–water partition coefficient (Wildman–Crippen LogP) is -0.232. The van der Waals surface area contributed by atoms with E-state index >= 15 is 0 Å². The van der Waals surface area contributed by atoms with Gasteiger partial charge in [0.05, 0.1) is 12.7 Å². The maximum Gasteiger partial charge on any atom is 0.330 e. The van der Waals surface area contributed by atoms with Crippen molar-refractivity contribution in [2.45, 2.75) is 31.3 Å². The van der Waals surface area contributed by atoms with Gasteiger partial charge in [0, 0.05) is 24.6 Å². The first kappa shape index (κ1) is 15.7. The van der Waals surface area contributed by atoms with E-state index < -0.39 is 29.7 Å². The summed E-state index contributed by atoms with van der Waals surface area (Å²) in [5, 5.41) is 18.9. The van der Waals surface area contributed by atoms with Crippen LogP contribution in [0.2, 0.25) is 0 Å². The fourth-order valence-corrected chi connectivity index (χ4v) is 2.73. The molecule has 1 aromatic carbocycles. The maximum atomic E-state index is 12.0. The number of aliphatic hydroxyl groups is 2. The lowest BCUT2D eigenvalue weighted by atomic mass is 10.1. The van der Waals surface area contributed by atoms with E-state index in [9.17, 15) is 14.7 Å². The highest BCUT2D eigenvalue weighted by molar-refractivity contribution is 5.22. The third-order valence-electron chi connectivity index (χ3n) is 3.97. The number of nitrogens with one attached hydrogen (secondary N) is 1. The normalized spacial score (nSPS) is 24.0. The van der Waals surface area contributed by atoms with Crippen molar-refractivity contribution in [3.8, 4) is 0 Å². The lowest BCUT2D eigenvalue weighted by Gasteiger charge is -2.15. The largest absolute Gasteiger partial charge is 0.394 e. The molecule has 1 fully saturated rings. The summed E-state index contributed by atoms with van der Waals surface area (Å²) in [4.78, 5) is 26.3. The topological polar surface area (TPSA) is 105 Å². The number of aliphatic hydroxyl groups excluding tert-OH is 2. The molecule has 1 aliphatic rings. The fourth-order valence-electron chi connectivity index (χ4n) is 2.73. The minimum Gasteiger partial charge on any atom is -0.394 e. The molecule has 7 heteroatoms. The monoisotopic (exact) mass is 318 g/mol. The molecule has 3 N–H and O–H groups in total. The SMILES string of the molecule is O=c1[nH]c(=O)n([C@H]2C[C@H](O)[C@@H](CO)O2)cc1Cc1ccccc1. The number of nitrogens with zero attached hydrogens (tertiary/aromatic N) is 1. The van der Waals surface area contributed by atoms with Gasteiger partial charge in [-0.05, 0) is 5.56 Å². The molecule has 1 saturated heterocycles. The Morgan fingerprint density at radius 3 is 2.65 bits per heavy atom. The molecule has 23 heavy (non-hydrogen) atoms. The minimum atomic E-state index is -0.846. The molecule has 0 saturated carbocycles. The molecule has 1 aliphatic heterocycles. The van der Waals surface area contributed by atoms with Crippen LogP contribution in [0.25, 0.3) is 0 Å². The molecule has 122 valence electrons. The molecule has 3 rings (SSSR count). The minimum absolute atomic E-state index is 0.182. The summed E-state index contributed by atoms with van der Waals surface area (Å²) in [5.41, 5.74) is 0.347. The average molecular weight is 318 g/mol. The number of H-pyrrole nitrogens is 1. The van der Waals surface area contributed by atoms with Crippen molar-refractivity contribution in [3.05, 3.63) is 68.5 Å². The van der Waals surface area contributed by atoms with E-state index in [1.165, 1.54) is 10.8 Å².